The fourth-order valence-corrected chi connectivity index (χ4v) is 3.56. The van der Waals surface area contributed by atoms with E-state index in [1.165, 1.54) is 36.3 Å². The molecule has 5 nitrogen and oxygen atoms in total. The zero-order valence-corrected chi connectivity index (χ0v) is 16.5. The zero-order chi connectivity index (χ0) is 21.0. The van der Waals surface area contributed by atoms with Crippen LogP contribution in [0.15, 0.2) is 54.1 Å². The Morgan fingerprint density at radius 2 is 1.86 bits per heavy atom. The molecule has 0 spiro atoms. The average Bonchev–Trinajstić information content (AvgIpc) is 2.99. The Kier molecular flexibility index (Phi) is 6.32. The number of carbonyl (C=O) groups is 2. The van der Waals surface area contributed by atoms with Gasteiger partial charge in [0.25, 0.3) is 11.7 Å². The highest BCUT2D eigenvalue weighted by molar-refractivity contribution is 6.46. The van der Waals surface area contributed by atoms with Crippen molar-refractivity contribution >= 4 is 17.4 Å². The molecule has 1 unspecified atom stereocenters. The van der Waals surface area contributed by atoms with E-state index in [9.17, 15) is 19.1 Å². The Morgan fingerprint density at radius 1 is 1.14 bits per heavy atom. The maximum absolute atomic E-state index is 13.3. The summed E-state index contributed by atoms with van der Waals surface area (Å²) in [6, 6.07) is 11.5. The van der Waals surface area contributed by atoms with Crippen LogP contribution in [0.2, 0.25) is 0 Å². The molecular weight excluding hydrogens is 373 g/mol. The number of amides is 1. The SMILES string of the molecule is CCCCCN1C(=O)C(=O)/C(=C(\O)c2ccc(F)cc2)C1c1cccc(OC)c1. The molecule has 2 aromatic rings. The van der Waals surface area contributed by atoms with Gasteiger partial charge in [-0.25, -0.2) is 4.39 Å². The van der Waals surface area contributed by atoms with Gasteiger partial charge in [-0.1, -0.05) is 31.9 Å². The van der Waals surface area contributed by atoms with Crippen molar-refractivity contribution < 1.29 is 23.8 Å². The second-order valence-electron chi connectivity index (χ2n) is 6.98. The number of aliphatic hydroxyl groups is 1. The topological polar surface area (TPSA) is 66.8 Å². The number of methoxy groups -OCH3 is 1. The van der Waals surface area contributed by atoms with E-state index < -0.39 is 23.5 Å². The molecular formula is C23H24FNO4. The number of carbonyl (C=O) groups excluding carboxylic acids is 2. The van der Waals surface area contributed by atoms with Crippen molar-refractivity contribution in [2.45, 2.75) is 32.2 Å². The van der Waals surface area contributed by atoms with Gasteiger partial charge in [0.05, 0.1) is 18.7 Å². The van der Waals surface area contributed by atoms with Crippen LogP contribution in [0.5, 0.6) is 5.75 Å². The van der Waals surface area contributed by atoms with Crippen LogP contribution in [0, 0.1) is 5.82 Å². The fraction of sp³-hybridized carbons (Fsp3) is 0.304. The Labute approximate surface area is 169 Å². The van der Waals surface area contributed by atoms with E-state index >= 15 is 0 Å². The lowest BCUT2D eigenvalue weighted by Crippen LogP contribution is -2.30. The number of hydrogen-bond donors (Lipinski definition) is 1. The van der Waals surface area contributed by atoms with Crippen LogP contribution >= 0.6 is 0 Å². The molecule has 1 atom stereocenters. The highest BCUT2D eigenvalue weighted by Gasteiger charge is 2.45. The van der Waals surface area contributed by atoms with E-state index in [0.717, 1.165) is 19.3 Å². The molecule has 1 saturated heterocycles. The highest BCUT2D eigenvalue weighted by atomic mass is 19.1. The lowest BCUT2D eigenvalue weighted by Gasteiger charge is -2.25. The minimum Gasteiger partial charge on any atom is -0.507 e. The summed E-state index contributed by atoms with van der Waals surface area (Å²) in [5.41, 5.74) is 0.959. The number of halogens is 1. The van der Waals surface area contributed by atoms with Gasteiger partial charge < -0.3 is 14.7 Å². The Morgan fingerprint density at radius 3 is 2.52 bits per heavy atom. The van der Waals surface area contributed by atoms with E-state index in [4.69, 9.17) is 4.74 Å². The maximum Gasteiger partial charge on any atom is 0.295 e. The van der Waals surface area contributed by atoms with Gasteiger partial charge in [-0.15, -0.1) is 0 Å². The van der Waals surface area contributed by atoms with Crippen molar-refractivity contribution in [3.8, 4) is 5.75 Å². The summed E-state index contributed by atoms with van der Waals surface area (Å²) >= 11 is 0. The third kappa shape index (κ3) is 4.16. The second kappa shape index (κ2) is 8.90. The number of hydrogen-bond acceptors (Lipinski definition) is 4. The molecule has 3 rings (SSSR count). The first-order valence-electron chi connectivity index (χ1n) is 9.66. The molecule has 1 N–H and O–H groups in total. The third-order valence-corrected chi connectivity index (χ3v) is 5.07. The minimum absolute atomic E-state index is 0.00589. The number of ether oxygens (including phenoxy) is 1. The van der Waals surface area contributed by atoms with Crippen LogP contribution in [0.4, 0.5) is 4.39 Å². The third-order valence-electron chi connectivity index (χ3n) is 5.07. The first kappa shape index (κ1) is 20.6. The molecule has 1 aliphatic rings. The summed E-state index contributed by atoms with van der Waals surface area (Å²) in [4.78, 5) is 27.1. The number of Topliss-reactive ketones (excluding diaryl/α,β-unsaturated/α-hetero) is 1. The van der Waals surface area contributed by atoms with E-state index in [1.54, 1.807) is 24.3 Å². The van der Waals surface area contributed by atoms with Gasteiger partial charge >= 0.3 is 0 Å². The molecule has 0 aliphatic carbocycles. The fourth-order valence-electron chi connectivity index (χ4n) is 3.56. The minimum atomic E-state index is -0.740. The number of benzene rings is 2. The molecule has 1 fully saturated rings. The van der Waals surface area contributed by atoms with Crippen LogP contribution in [0.1, 0.15) is 43.4 Å². The van der Waals surface area contributed by atoms with Crippen LogP contribution < -0.4 is 4.74 Å². The molecule has 1 aliphatic heterocycles. The molecule has 1 amide bonds. The molecule has 152 valence electrons. The van der Waals surface area contributed by atoms with E-state index in [2.05, 4.69) is 6.92 Å². The van der Waals surface area contributed by atoms with Gasteiger partial charge in [0.2, 0.25) is 0 Å². The summed E-state index contributed by atoms with van der Waals surface area (Å²) in [6.45, 7) is 2.46. The predicted molar refractivity (Wildman–Crippen MR) is 108 cm³/mol. The van der Waals surface area contributed by atoms with E-state index in [-0.39, 0.29) is 16.9 Å². The van der Waals surface area contributed by atoms with Gasteiger partial charge in [0, 0.05) is 12.1 Å². The summed E-state index contributed by atoms with van der Waals surface area (Å²) in [7, 11) is 1.54. The lowest BCUT2D eigenvalue weighted by molar-refractivity contribution is -0.139. The number of rotatable bonds is 7. The number of nitrogens with zero attached hydrogens (tertiary/aromatic N) is 1. The standard InChI is InChI=1S/C23H24FNO4/c1-3-4-5-13-25-20(16-7-6-8-18(14-16)29-2)19(22(27)23(25)28)21(26)15-9-11-17(24)12-10-15/h6-12,14,20,26H,3-5,13H2,1-2H3/b21-19-. The lowest BCUT2D eigenvalue weighted by atomic mass is 9.95. The molecule has 0 radical (unpaired) electrons. The Hall–Kier alpha value is -3.15. The van der Waals surface area contributed by atoms with Gasteiger partial charge in [0.15, 0.2) is 0 Å². The molecule has 1 heterocycles. The molecule has 0 aromatic heterocycles. The molecule has 29 heavy (non-hydrogen) atoms. The molecule has 0 bridgehead atoms. The Balaban J connectivity index is 2.12. The normalized spacial score (nSPS) is 18.3. The number of unbranched alkanes of at least 4 members (excludes halogenated alkanes) is 2. The molecule has 6 heteroatoms. The van der Waals surface area contributed by atoms with Gasteiger partial charge in [0.1, 0.15) is 17.3 Å². The summed E-state index contributed by atoms with van der Waals surface area (Å²) < 4.78 is 18.6. The first-order chi connectivity index (χ1) is 14.0. The second-order valence-corrected chi connectivity index (χ2v) is 6.98. The smallest absolute Gasteiger partial charge is 0.295 e. The van der Waals surface area contributed by atoms with Gasteiger partial charge in [-0.3, -0.25) is 9.59 Å². The predicted octanol–water partition coefficient (Wildman–Crippen LogP) is 4.45. The van der Waals surface area contributed by atoms with Crippen molar-refractivity contribution in [1.82, 2.24) is 4.90 Å². The van der Waals surface area contributed by atoms with Crippen LogP contribution in [0.25, 0.3) is 5.76 Å². The van der Waals surface area contributed by atoms with Crippen LogP contribution in [-0.4, -0.2) is 35.4 Å². The van der Waals surface area contributed by atoms with Crippen molar-refractivity contribution in [3.63, 3.8) is 0 Å². The van der Waals surface area contributed by atoms with Crippen molar-refractivity contribution in [3.05, 3.63) is 71.0 Å². The largest absolute Gasteiger partial charge is 0.507 e. The quantitative estimate of drug-likeness (QED) is 0.325. The van der Waals surface area contributed by atoms with E-state index in [0.29, 0.717) is 17.9 Å². The highest BCUT2D eigenvalue weighted by Crippen LogP contribution is 2.40. The van der Waals surface area contributed by atoms with Gasteiger partial charge in [-0.05, 0) is 48.4 Å². The van der Waals surface area contributed by atoms with Crippen molar-refractivity contribution in [1.29, 1.82) is 0 Å². The first-order valence-corrected chi connectivity index (χ1v) is 9.66. The maximum atomic E-state index is 13.3. The number of aliphatic hydroxyl groups excluding tert-OH is 1. The summed E-state index contributed by atoms with van der Waals surface area (Å²) in [5.74, 6) is -1.56. The number of ketones is 1. The molecule has 0 saturated carbocycles. The average molecular weight is 397 g/mol. The van der Waals surface area contributed by atoms with Crippen LogP contribution in [0.3, 0.4) is 0 Å². The molecule has 2 aromatic carbocycles. The number of likely N-dealkylation sites (tertiary alicyclic amines) is 1. The van der Waals surface area contributed by atoms with Crippen molar-refractivity contribution in [2.24, 2.45) is 0 Å². The monoisotopic (exact) mass is 397 g/mol. The summed E-state index contributed by atoms with van der Waals surface area (Å²) in [5, 5.41) is 10.9. The van der Waals surface area contributed by atoms with Gasteiger partial charge in [-0.2, -0.15) is 0 Å². The summed E-state index contributed by atoms with van der Waals surface area (Å²) in [6.07, 6.45) is 2.65. The van der Waals surface area contributed by atoms with Crippen molar-refractivity contribution in [2.75, 3.05) is 13.7 Å². The van der Waals surface area contributed by atoms with Crippen LogP contribution in [-0.2, 0) is 9.59 Å². The van der Waals surface area contributed by atoms with E-state index in [1.807, 2.05) is 0 Å². The Bertz CT molecular complexity index is 936. The zero-order valence-electron chi connectivity index (χ0n) is 16.5.